The third-order valence-corrected chi connectivity index (χ3v) is 3.39. The van der Waals surface area contributed by atoms with Gasteiger partial charge in [-0.25, -0.2) is 0 Å². The summed E-state index contributed by atoms with van der Waals surface area (Å²) >= 11 is 0. The van der Waals surface area contributed by atoms with E-state index in [1.54, 1.807) is 0 Å². The maximum Gasteiger partial charge on any atom is 0.0858 e. The molecular formula is C15H30N2O. The fourth-order valence-electron chi connectivity index (χ4n) is 2.53. The Kier molecular flexibility index (Phi) is 7.56. The fraction of sp³-hybridized carbons (Fsp3) is 0.867. The van der Waals surface area contributed by atoms with Crippen LogP contribution in [0.5, 0.6) is 0 Å². The number of morpholine rings is 1. The Labute approximate surface area is 113 Å². The van der Waals surface area contributed by atoms with Crippen LogP contribution in [0.1, 0.15) is 40.0 Å². The predicted molar refractivity (Wildman–Crippen MR) is 78.0 cm³/mol. The van der Waals surface area contributed by atoms with Gasteiger partial charge in [-0.2, -0.15) is 0 Å². The maximum atomic E-state index is 5.97. The van der Waals surface area contributed by atoms with Crippen molar-refractivity contribution in [3.8, 4) is 0 Å². The minimum atomic E-state index is 0.313. The molecular weight excluding hydrogens is 224 g/mol. The van der Waals surface area contributed by atoms with Crippen LogP contribution in [0.4, 0.5) is 0 Å². The Bertz CT molecular complexity index is 241. The van der Waals surface area contributed by atoms with E-state index in [-0.39, 0.29) is 0 Å². The standard InChI is InChI=1S/C15H30N2O/c1-5-7-16-14(11-13(3)4)15-12-17(8-6-2)9-10-18-15/h14-16H,3,5-12H2,1-2,4H3. The van der Waals surface area contributed by atoms with Crippen molar-refractivity contribution < 1.29 is 4.74 Å². The fourth-order valence-corrected chi connectivity index (χ4v) is 2.53. The van der Waals surface area contributed by atoms with Crippen molar-refractivity contribution in [3.05, 3.63) is 12.2 Å². The normalized spacial score (nSPS) is 22.9. The SMILES string of the molecule is C=C(C)CC(NCCC)C1CN(CCC)CCO1. The molecule has 1 fully saturated rings. The molecule has 3 nitrogen and oxygen atoms in total. The molecule has 0 bridgehead atoms. The highest BCUT2D eigenvalue weighted by molar-refractivity contribution is 4.97. The van der Waals surface area contributed by atoms with E-state index in [9.17, 15) is 0 Å². The van der Waals surface area contributed by atoms with Crippen molar-refractivity contribution in [2.45, 2.75) is 52.2 Å². The summed E-state index contributed by atoms with van der Waals surface area (Å²) in [6.45, 7) is 15.8. The summed E-state index contributed by atoms with van der Waals surface area (Å²) in [6.07, 6.45) is 3.72. The first-order valence-corrected chi connectivity index (χ1v) is 7.39. The van der Waals surface area contributed by atoms with Crippen LogP contribution in [0.25, 0.3) is 0 Å². The minimum Gasteiger partial charge on any atom is -0.374 e. The molecule has 0 aromatic rings. The zero-order valence-electron chi connectivity index (χ0n) is 12.4. The first-order chi connectivity index (χ1) is 8.67. The number of hydrogen-bond donors (Lipinski definition) is 1. The van der Waals surface area contributed by atoms with Crippen molar-refractivity contribution in [1.82, 2.24) is 10.2 Å². The van der Waals surface area contributed by atoms with Gasteiger partial charge in [0.2, 0.25) is 0 Å². The molecule has 1 rings (SSSR count). The lowest BCUT2D eigenvalue weighted by Crippen LogP contribution is -2.52. The lowest BCUT2D eigenvalue weighted by molar-refractivity contribution is -0.0461. The molecule has 1 saturated heterocycles. The summed E-state index contributed by atoms with van der Waals surface area (Å²) in [6, 6.07) is 0.419. The van der Waals surface area contributed by atoms with Gasteiger partial charge >= 0.3 is 0 Å². The van der Waals surface area contributed by atoms with E-state index in [1.165, 1.54) is 18.5 Å². The van der Waals surface area contributed by atoms with E-state index in [4.69, 9.17) is 4.74 Å². The van der Waals surface area contributed by atoms with Gasteiger partial charge in [-0.3, -0.25) is 4.90 Å². The van der Waals surface area contributed by atoms with Crippen LogP contribution in [0.3, 0.4) is 0 Å². The average Bonchev–Trinajstić information content (AvgIpc) is 2.35. The largest absolute Gasteiger partial charge is 0.374 e. The van der Waals surface area contributed by atoms with E-state index in [0.29, 0.717) is 12.1 Å². The topological polar surface area (TPSA) is 24.5 Å². The maximum absolute atomic E-state index is 5.97. The molecule has 0 aromatic carbocycles. The van der Waals surface area contributed by atoms with Gasteiger partial charge in [0.1, 0.15) is 0 Å². The monoisotopic (exact) mass is 254 g/mol. The summed E-state index contributed by atoms with van der Waals surface area (Å²) in [7, 11) is 0. The second-order valence-corrected chi connectivity index (χ2v) is 5.43. The van der Waals surface area contributed by atoms with E-state index in [1.807, 2.05) is 0 Å². The molecule has 1 heterocycles. The number of hydrogen-bond acceptors (Lipinski definition) is 3. The summed E-state index contributed by atoms with van der Waals surface area (Å²) in [4.78, 5) is 2.52. The van der Waals surface area contributed by atoms with Gasteiger partial charge < -0.3 is 10.1 Å². The molecule has 0 radical (unpaired) electrons. The zero-order valence-corrected chi connectivity index (χ0v) is 12.4. The molecule has 0 aromatic heterocycles. The van der Waals surface area contributed by atoms with E-state index in [2.05, 4.69) is 37.6 Å². The third-order valence-electron chi connectivity index (χ3n) is 3.39. The van der Waals surface area contributed by atoms with Gasteiger partial charge in [0, 0.05) is 19.1 Å². The molecule has 0 aliphatic carbocycles. The van der Waals surface area contributed by atoms with Crippen molar-refractivity contribution in [2.24, 2.45) is 0 Å². The molecule has 106 valence electrons. The number of nitrogens with one attached hydrogen (secondary N) is 1. The van der Waals surface area contributed by atoms with E-state index < -0.39 is 0 Å². The molecule has 2 unspecified atom stereocenters. The summed E-state index contributed by atoms with van der Waals surface area (Å²) in [5.74, 6) is 0. The van der Waals surface area contributed by atoms with Crippen molar-refractivity contribution >= 4 is 0 Å². The predicted octanol–water partition coefficient (Wildman–Crippen LogP) is 2.43. The minimum absolute atomic E-state index is 0.313. The van der Waals surface area contributed by atoms with Gasteiger partial charge in [-0.05, 0) is 39.3 Å². The zero-order chi connectivity index (χ0) is 13.4. The highest BCUT2D eigenvalue weighted by atomic mass is 16.5. The summed E-state index contributed by atoms with van der Waals surface area (Å²) in [5, 5.41) is 3.62. The number of ether oxygens (including phenoxy) is 1. The molecule has 2 atom stereocenters. The lowest BCUT2D eigenvalue weighted by Gasteiger charge is -2.37. The summed E-state index contributed by atoms with van der Waals surface area (Å²) in [5.41, 5.74) is 1.24. The molecule has 1 N–H and O–H groups in total. The van der Waals surface area contributed by atoms with E-state index >= 15 is 0 Å². The van der Waals surface area contributed by atoms with Crippen LogP contribution in [0, 0.1) is 0 Å². The Balaban J connectivity index is 2.50. The van der Waals surface area contributed by atoms with Crippen molar-refractivity contribution in [3.63, 3.8) is 0 Å². The van der Waals surface area contributed by atoms with Crippen LogP contribution >= 0.6 is 0 Å². The Morgan fingerprint density at radius 1 is 1.44 bits per heavy atom. The lowest BCUT2D eigenvalue weighted by atomic mass is 10.0. The third kappa shape index (κ3) is 5.51. The Hall–Kier alpha value is -0.380. The van der Waals surface area contributed by atoms with Gasteiger partial charge in [-0.15, -0.1) is 6.58 Å². The van der Waals surface area contributed by atoms with Gasteiger partial charge in [0.25, 0.3) is 0 Å². The smallest absolute Gasteiger partial charge is 0.0858 e. The molecule has 1 aliphatic rings. The van der Waals surface area contributed by atoms with Crippen LogP contribution in [-0.2, 0) is 4.74 Å². The second-order valence-electron chi connectivity index (χ2n) is 5.43. The van der Waals surface area contributed by atoms with Gasteiger partial charge in [0.05, 0.1) is 12.7 Å². The van der Waals surface area contributed by atoms with E-state index in [0.717, 1.165) is 39.1 Å². The second kappa shape index (κ2) is 8.68. The van der Waals surface area contributed by atoms with Crippen LogP contribution in [0.15, 0.2) is 12.2 Å². The molecule has 0 amide bonds. The van der Waals surface area contributed by atoms with Crippen LogP contribution < -0.4 is 5.32 Å². The average molecular weight is 254 g/mol. The number of rotatable bonds is 8. The molecule has 3 heteroatoms. The first kappa shape index (κ1) is 15.7. The molecule has 1 aliphatic heterocycles. The highest BCUT2D eigenvalue weighted by Crippen LogP contribution is 2.15. The Morgan fingerprint density at radius 3 is 2.83 bits per heavy atom. The molecule has 0 saturated carbocycles. The Morgan fingerprint density at radius 2 is 2.22 bits per heavy atom. The van der Waals surface area contributed by atoms with Crippen LogP contribution in [-0.4, -0.2) is 49.8 Å². The van der Waals surface area contributed by atoms with Crippen molar-refractivity contribution in [1.29, 1.82) is 0 Å². The van der Waals surface area contributed by atoms with Crippen molar-refractivity contribution in [2.75, 3.05) is 32.8 Å². The highest BCUT2D eigenvalue weighted by Gasteiger charge is 2.27. The summed E-state index contributed by atoms with van der Waals surface area (Å²) < 4.78 is 5.97. The molecule has 18 heavy (non-hydrogen) atoms. The van der Waals surface area contributed by atoms with Gasteiger partial charge in [-0.1, -0.05) is 19.4 Å². The van der Waals surface area contributed by atoms with Crippen LogP contribution in [0.2, 0.25) is 0 Å². The molecule has 0 spiro atoms. The first-order valence-electron chi connectivity index (χ1n) is 7.39. The number of nitrogens with zero attached hydrogens (tertiary/aromatic N) is 1. The van der Waals surface area contributed by atoms with Gasteiger partial charge in [0.15, 0.2) is 0 Å². The quantitative estimate of drug-likeness (QED) is 0.673.